The molecule has 8 nitrogen and oxygen atoms in total. The minimum atomic E-state index is -0.436. The van der Waals surface area contributed by atoms with Gasteiger partial charge in [0.25, 0.3) is 5.91 Å². The second kappa shape index (κ2) is 8.90. The topological polar surface area (TPSA) is 105 Å². The summed E-state index contributed by atoms with van der Waals surface area (Å²) in [5, 5.41) is 7.15. The highest BCUT2D eigenvalue weighted by molar-refractivity contribution is 6.04. The van der Waals surface area contributed by atoms with Crippen LogP contribution in [0.25, 0.3) is 11.0 Å². The maximum atomic E-state index is 12.8. The summed E-state index contributed by atoms with van der Waals surface area (Å²) in [5.74, 6) is 0.173. The molecular weight excluding hydrogens is 432 g/mol. The van der Waals surface area contributed by atoms with Crippen LogP contribution in [0.4, 0.5) is 11.4 Å². The van der Waals surface area contributed by atoms with E-state index in [1.807, 2.05) is 43.3 Å². The molecule has 2 aromatic carbocycles. The van der Waals surface area contributed by atoms with E-state index in [9.17, 15) is 9.59 Å². The number of methoxy groups -OCH3 is 1. The Hall–Kier alpha value is -4.33. The SMILES string of the molecule is COC(=O)c1cc2cc(NCc3cc(NC(=O)c4ccc5c(c4)OCC5)ccc3C)cnc2[nH]1. The standard InChI is InChI=1S/C26H24N4O4/c1-15-3-6-20(29-25(31)17-5-4-16-7-8-34-23(16)12-17)10-19(15)13-27-21-9-18-11-22(26(32)33-2)30-24(18)28-14-21/h3-6,9-12,14,27H,7-8,13H2,1-2H3,(H,28,30)(H,29,31). The summed E-state index contributed by atoms with van der Waals surface area (Å²) >= 11 is 0. The fourth-order valence-corrected chi connectivity index (χ4v) is 3.98. The van der Waals surface area contributed by atoms with Gasteiger partial charge < -0.3 is 25.1 Å². The highest BCUT2D eigenvalue weighted by Gasteiger charge is 2.16. The van der Waals surface area contributed by atoms with E-state index in [1.165, 1.54) is 7.11 Å². The van der Waals surface area contributed by atoms with Crippen LogP contribution < -0.4 is 15.4 Å². The highest BCUT2D eigenvalue weighted by atomic mass is 16.5. The normalized spacial score (nSPS) is 12.2. The minimum absolute atomic E-state index is 0.176. The summed E-state index contributed by atoms with van der Waals surface area (Å²) in [6.07, 6.45) is 2.58. The van der Waals surface area contributed by atoms with Crippen molar-refractivity contribution in [3.63, 3.8) is 0 Å². The van der Waals surface area contributed by atoms with E-state index in [-0.39, 0.29) is 5.91 Å². The number of rotatable bonds is 6. The maximum absolute atomic E-state index is 12.8. The third-order valence-corrected chi connectivity index (χ3v) is 5.92. The highest BCUT2D eigenvalue weighted by Crippen LogP contribution is 2.27. The van der Waals surface area contributed by atoms with Gasteiger partial charge in [0.05, 0.1) is 25.6 Å². The molecule has 0 saturated carbocycles. The average Bonchev–Trinajstić information content (AvgIpc) is 3.49. The number of carbonyl (C=O) groups is 2. The fourth-order valence-electron chi connectivity index (χ4n) is 3.98. The van der Waals surface area contributed by atoms with Crippen LogP contribution in [0.2, 0.25) is 0 Å². The molecule has 0 bridgehead atoms. The number of hydrogen-bond donors (Lipinski definition) is 3. The number of nitrogens with one attached hydrogen (secondary N) is 3. The van der Waals surface area contributed by atoms with Crippen LogP contribution in [0.15, 0.2) is 54.7 Å². The quantitative estimate of drug-likeness (QED) is 0.370. The Morgan fingerprint density at radius 1 is 1.12 bits per heavy atom. The molecule has 1 amide bonds. The number of hydrogen-bond acceptors (Lipinski definition) is 6. The van der Waals surface area contributed by atoms with Crippen LogP contribution in [-0.2, 0) is 17.7 Å². The van der Waals surface area contributed by atoms with Crippen molar-refractivity contribution in [3.05, 3.63) is 82.7 Å². The first-order valence-corrected chi connectivity index (χ1v) is 11.0. The molecule has 34 heavy (non-hydrogen) atoms. The first-order chi connectivity index (χ1) is 16.5. The van der Waals surface area contributed by atoms with Gasteiger partial charge in [-0.2, -0.15) is 0 Å². The second-order valence-electron chi connectivity index (χ2n) is 8.21. The van der Waals surface area contributed by atoms with Crippen LogP contribution in [0.1, 0.15) is 37.5 Å². The van der Waals surface area contributed by atoms with E-state index in [4.69, 9.17) is 9.47 Å². The Morgan fingerprint density at radius 2 is 2.00 bits per heavy atom. The van der Waals surface area contributed by atoms with Gasteiger partial charge in [0, 0.05) is 29.6 Å². The van der Waals surface area contributed by atoms with Crippen molar-refractivity contribution < 1.29 is 19.1 Å². The Balaban J connectivity index is 1.28. The van der Waals surface area contributed by atoms with Crippen LogP contribution in [0.5, 0.6) is 5.75 Å². The lowest BCUT2D eigenvalue weighted by Gasteiger charge is -2.12. The molecule has 3 N–H and O–H groups in total. The maximum Gasteiger partial charge on any atom is 0.354 e. The number of H-pyrrole nitrogens is 1. The van der Waals surface area contributed by atoms with Gasteiger partial charge in [-0.05, 0) is 60.0 Å². The molecule has 3 heterocycles. The molecule has 5 rings (SSSR count). The lowest BCUT2D eigenvalue weighted by atomic mass is 10.1. The summed E-state index contributed by atoms with van der Waals surface area (Å²) in [6, 6.07) is 15.0. The van der Waals surface area contributed by atoms with Crippen molar-refractivity contribution in [2.45, 2.75) is 19.9 Å². The second-order valence-corrected chi connectivity index (χ2v) is 8.21. The van der Waals surface area contributed by atoms with E-state index in [1.54, 1.807) is 18.3 Å². The molecule has 0 fully saturated rings. The molecule has 0 unspecified atom stereocenters. The lowest BCUT2D eigenvalue weighted by molar-refractivity contribution is 0.0595. The number of aromatic amines is 1. The van der Waals surface area contributed by atoms with Crippen LogP contribution in [0.3, 0.4) is 0 Å². The number of nitrogens with zero attached hydrogens (tertiary/aromatic N) is 1. The predicted molar refractivity (Wildman–Crippen MR) is 130 cm³/mol. The van der Waals surface area contributed by atoms with Crippen LogP contribution in [0, 0.1) is 6.92 Å². The largest absolute Gasteiger partial charge is 0.493 e. The first-order valence-electron chi connectivity index (χ1n) is 11.0. The summed E-state index contributed by atoms with van der Waals surface area (Å²) in [5.41, 5.74) is 6.34. The Bertz CT molecular complexity index is 1410. The van der Waals surface area contributed by atoms with Gasteiger partial charge in [0.1, 0.15) is 17.1 Å². The molecule has 4 aromatic rings. The van der Waals surface area contributed by atoms with Gasteiger partial charge in [-0.1, -0.05) is 12.1 Å². The number of aromatic nitrogens is 2. The van der Waals surface area contributed by atoms with E-state index >= 15 is 0 Å². The summed E-state index contributed by atoms with van der Waals surface area (Å²) in [7, 11) is 1.34. The number of anilines is 2. The molecule has 0 atom stereocenters. The Morgan fingerprint density at radius 3 is 2.85 bits per heavy atom. The molecule has 0 aliphatic carbocycles. The fraction of sp³-hybridized carbons (Fsp3) is 0.192. The molecular formula is C26H24N4O4. The number of pyridine rings is 1. The molecule has 172 valence electrons. The van der Waals surface area contributed by atoms with Crippen molar-refractivity contribution in [1.29, 1.82) is 0 Å². The van der Waals surface area contributed by atoms with E-state index in [2.05, 4.69) is 20.6 Å². The monoisotopic (exact) mass is 456 g/mol. The number of amides is 1. The zero-order chi connectivity index (χ0) is 23.7. The van der Waals surface area contributed by atoms with Crippen molar-refractivity contribution in [3.8, 4) is 5.75 Å². The summed E-state index contributed by atoms with van der Waals surface area (Å²) < 4.78 is 10.3. The molecule has 2 aromatic heterocycles. The van der Waals surface area contributed by atoms with Crippen LogP contribution in [-0.4, -0.2) is 35.6 Å². The van der Waals surface area contributed by atoms with Crippen molar-refractivity contribution in [1.82, 2.24) is 9.97 Å². The van der Waals surface area contributed by atoms with Crippen LogP contribution >= 0.6 is 0 Å². The van der Waals surface area contributed by atoms with Crippen molar-refractivity contribution >= 4 is 34.3 Å². The van der Waals surface area contributed by atoms with Gasteiger partial charge >= 0.3 is 5.97 Å². The average molecular weight is 457 g/mol. The predicted octanol–water partition coefficient (Wildman–Crippen LogP) is 4.46. The molecule has 0 saturated heterocycles. The van der Waals surface area contributed by atoms with E-state index < -0.39 is 5.97 Å². The Labute approximate surface area is 196 Å². The molecule has 0 radical (unpaired) electrons. The molecule has 0 spiro atoms. The van der Waals surface area contributed by atoms with Crippen molar-refractivity contribution in [2.24, 2.45) is 0 Å². The molecule has 8 heteroatoms. The minimum Gasteiger partial charge on any atom is -0.493 e. The Kier molecular flexibility index (Phi) is 5.63. The number of fused-ring (bicyclic) bond motifs is 2. The number of benzene rings is 2. The van der Waals surface area contributed by atoms with Gasteiger partial charge in [0.2, 0.25) is 0 Å². The third kappa shape index (κ3) is 4.30. The first kappa shape index (κ1) is 21.5. The summed E-state index contributed by atoms with van der Waals surface area (Å²) in [4.78, 5) is 31.8. The summed E-state index contributed by atoms with van der Waals surface area (Å²) in [6.45, 7) is 3.23. The van der Waals surface area contributed by atoms with Gasteiger partial charge in [-0.15, -0.1) is 0 Å². The number of carbonyl (C=O) groups excluding carboxylic acids is 2. The van der Waals surface area contributed by atoms with Crippen molar-refractivity contribution in [2.75, 3.05) is 24.4 Å². The van der Waals surface area contributed by atoms with E-state index in [0.717, 1.165) is 45.6 Å². The van der Waals surface area contributed by atoms with E-state index in [0.29, 0.717) is 30.1 Å². The molecule has 1 aliphatic heterocycles. The number of ether oxygens (including phenoxy) is 2. The zero-order valence-electron chi connectivity index (χ0n) is 18.9. The third-order valence-electron chi connectivity index (χ3n) is 5.92. The smallest absolute Gasteiger partial charge is 0.354 e. The van der Waals surface area contributed by atoms with Gasteiger partial charge in [0.15, 0.2) is 0 Å². The van der Waals surface area contributed by atoms with Gasteiger partial charge in [-0.3, -0.25) is 4.79 Å². The number of esters is 1. The number of aryl methyl sites for hydroxylation is 1. The lowest BCUT2D eigenvalue weighted by Crippen LogP contribution is -2.12. The van der Waals surface area contributed by atoms with Gasteiger partial charge in [-0.25, -0.2) is 9.78 Å². The zero-order valence-corrected chi connectivity index (χ0v) is 18.9. The molecule has 1 aliphatic rings.